The van der Waals surface area contributed by atoms with Crippen LogP contribution in [0.5, 0.6) is 0 Å². The highest BCUT2D eigenvalue weighted by molar-refractivity contribution is 7.90. The van der Waals surface area contributed by atoms with Gasteiger partial charge in [-0.2, -0.15) is 4.31 Å². The number of carbonyl (C=O) groups excluding carboxylic acids is 4. The molecule has 3 aromatic rings. The molecule has 6 bridgehead atoms. The molecule has 0 radical (unpaired) electrons. The summed E-state index contributed by atoms with van der Waals surface area (Å²) < 4.78 is 175. The second kappa shape index (κ2) is 28.0. The maximum absolute atomic E-state index is 14.0. The summed E-state index contributed by atoms with van der Waals surface area (Å²) in [6, 6.07) is 2.49. The fourth-order valence-electron chi connectivity index (χ4n) is 13.9. The first-order chi connectivity index (χ1) is 40.5. The van der Waals surface area contributed by atoms with Gasteiger partial charge in [0, 0.05) is 93.0 Å². The summed E-state index contributed by atoms with van der Waals surface area (Å²) >= 11 is 0. The highest BCUT2D eigenvalue weighted by atomic mass is 32.2. The summed E-state index contributed by atoms with van der Waals surface area (Å²) in [6.07, 6.45) is 10.1. The minimum absolute atomic E-state index is 0.0148. The maximum atomic E-state index is 14.0. The van der Waals surface area contributed by atoms with Crippen molar-refractivity contribution in [1.82, 2.24) is 29.5 Å². The first-order valence-electron chi connectivity index (χ1n) is 29.3. The van der Waals surface area contributed by atoms with Crippen LogP contribution in [0.3, 0.4) is 0 Å². The average Bonchev–Trinajstić information content (AvgIpc) is 2.51. The van der Waals surface area contributed by atoms with Crippen molar-refractivity contribution >= 4 is 43.7 Å². The lowest BCUT2D eigenvalue weighted by molar-refractivity contribution is -0.137. The van der Waals surface area contributed by atoms with E-state index in [-0.39, 0.29) is 144 Å². The van der Waals surface area contributed by atoms with Gasteiger partial charge in [-0.1, -0.05) is 0 Å². The third kappa shape index (κ3) is 16.3. The number of amides is 4. The van der Waals surface area contributed by atoms with Crippen molar-refractivity contribution < 1.29 is 75.5 Å². The fraction of sp³-hybridized carbons (Fsp3) is 0.621. The molecule has 3 unspecified atom stereocenters. The van der Waals surface area contributed by atoms with Crippen LogP contribution in [0.1, 0.15) is 120 Å². The van der Waals surface area contributed by atoms with Crippen LogP contribution in [0.15, 0.2) is 36.4 Å². The summed E-state index contributed by atoms with van der Waals surface area (Å²) in [5.74, 6) is -10.4. The molecule has 7 aliphatic rings. The Balaban J connectivity index is 0.000000168. The van der Waals surface area contributed by atoms with Gasteiger partial charge in [0.1, 0.15) is 17.5 Å². The van der Waals surface area contributed by atoms with E-state index in [1.165, 1.54) is 13.8 Å². The quantitative estimate of drug-likeness (QED) is 0.0655. The number of nitrogens with zero attached hydrogens (tertiary/aromatic N) is 3. The van der Waals surface area contributed by atoms with Crippen molar-refractivity contribution in [3.63, 3.8) is 0 Å². The number of sulfonamides is 2. The van der Waals surface area contributed by atoms with Gasteiger partial charge in [-0.05, 0) is 162 Å². The number of benzene rings is 3. The number of piperidine rings is 3. The maximum Gasteiger partial charge on any atom is 0.242 e. The molecule has 10 rings (SSSR count). The number of rotatable bonds is 19. The molecule has 0 spiro atoms. The number of hydrogen-bond acceptors (Lipinski definition) is 11. The Morgan fingerprint density at radius 3 is 1.12 bits per heavy atom. The molecule has 12 atom stereocenters. The van der Waals surface area contributed by atoms with Gasteiger partial charge in [0.15, 0.2) is 34.9 Å². The Bertz CT molecular complexity index is 3180. The van der Waals surface area contributed by atoms with Crippen molar-refractivity contribution in [2.24, 2.45) is 35.0 Å². The fourth-order valence-corrected chi connectivity index (χ4v) is 17.0. The summed E-state index contributed by atoms with van der Waals surface area (Å²) in [4.78, 5) is 50.7. The van der Waals surface area contributed by atoms with E-state index < -0.39 is 90.5 Å². The molecule has 0 aromatic heterocycles. The second-order valence-corrected chi connectivity index (χ2v) is 28.3. The number of carbonyl (C=O) groups is 4. The van der Waals surface area contributed by atoms with E-state index in [1.54, 1.807) is 9.21 Å². The van der Waals surface area contributed by atoms with Gasteiger partial charge in [-0.3, -0.25) is 19.2 Å². The number of nitrogens with two attached hydrogens (primary N) is 3. The monoisotopic (exact) mass is 1260 g/mol. The second-order valence-electron chi connectivity index (χ2n) is 24.2. The van der Waals surface area contributed by atoms with Crippen LogP contribution in [0.4, 0.5) is 39.5 Å². The van der Waals surface area contributed by atoms with Crippen LogP contribution in [0.2, 0.25) is 0 Å². The van der Waals surface area contributed by atoms with Crippen molar-refractivity contribution in [2.45, 2.75) is 183 Å². The molecule has 4 amide bonds. The minimum atomic E-state index is -3.51. The van der Waals surface area contributed by atoms with E-state index >= 15 is 0 Å². The standard InChI is InChI=1S/C20H26F3N3O3S.C19H26F3N3O3S.C19H24F3N3O2/c21-16-9-18(23)17(22)7-11(16)8-19(24)12-5-13-1-2-14(6-12)26(13)20(27)10-25-30(28,29)15-3-4-15;1-11(26)24-4-5-29(27,28)25-14-2-3-15(25)7-13(6-14)19(23)9-12-8-17(21)18(22)10-16(12)20;1-10(26)24-9-19(27)25-13-2-3-14(25)5-12(4-13)18(23)7-11-6-16(21)17(22)8-15(11)20/h7,9,12-15,19,25H,1-6,8,10,24H2;8,10,13-15,19H,2-7,9,23H2,1H3,(H,24,26);6,8,12-14,18H,2-5,7,9,23H2,1H3,(H,24,26)/t12?,13-,14+,19-;13?,14-,15+,19-;12?,13-,14+,18-/m101/s1. The number of hydrogen-bond donors (Lipinski definition) is 6. The van der Waals surface area contributed by atoms with E-state index in [0.29, 0.717) is 69.6 Å². The SMILES string of the molecule is CC(=O)NCC(=O)N1[C@@H]2CC[C@H]1CC([C@H](N)Cc1cc(F)c(F)cc1F)C2.CC(=O)NCCS(=O)(=O)N1[C@@H]2CC[C@H]1CC([C@@H](N)Cc1cc(F)c(F)cc1F)C2.N[C@H](Cc1cc(F)c(F)cc1F)C1C[C@H]2CC[C@@H](C1)N2C(=O)CNS(=O)(=O)C1CC1. The van der Waals surface area contributed by atoms with Crippen molar-refractivity contribution in [1.29, 1.82) is 0 Å². The zero-order valence-corrected chi connectivity index (χ0v) is 49.5. The van der Waals surface area contributed by atoms with Crippen LogP contribution in [-0.2, 0) is 58.5 Å². The lowest BCUT2D eigenvalue weighted by Crippen LogP contribution is -2.52. The Morgan fingerprint density at radius 2 is 0.779 bits per heavy atom. The van der Waals surface area contributed by atoms with Crippen LogP contribution in [0, 0.1) is 70.1 Å². The predicted octanol–water partition coefficient (Wildman–Crippen LogP) is 5.39. The molecular formula is C58H76F9N9O8S2. The van der Waals surface area contributed by atoms with Crippen molar-refractivity contribution in [3.05, 3.63) is 105 Å². The topological polar surface area (TPSA) is 260 Å². The van der Waals surface area contributed by atoms with Gasteiger partial charge in [-0.25, -0.2) is 61.1 Å². The zero-order valence-electron chi connectivity index (χ0n) is 47.9. The first kappa shape index (κ1) is 66.6. The van der Waals surface area contributed by atoms with Gasteiger partial charge < -0.3 is 37.6 Å². The molecule has 6 heterocycles. The molecule has 9 N–H and O–H groups in total. The zero-order chi connectivity index (χ0) is 62.7. The minimum Gasteiger partial charge on any atom is -0.355 e. The highest BCUT2D eigenvalue weighted by Gasteiger charge is 2.49. The molecule has 28 heteroatoms. The molecule has 3 aromatic carbocycles. The number of fused-ring (bicyclic) bond motifs is 6. The van der Waals surface area contributed by atoms with Crippen molar-refractivity contribution in [3.8, 4) is 0 Å². The third-order valence-corrected chi connectivity index (χ3v) is 22.1. The molecule has 1 aliphatic carbocycles. The van der Waals surface area contributed by atoms with Crippen LogP contribution in [0.25, 0.3) is 0 Å². The number of halogens is 9. The Morgan fingerprint density at radius 1 is 0.465 bits per heavy atom. The summed E-state index contributed by atoms with van der Waals surface area (Å²) in [7, 11) is -6.93. The Hall–Kier alpha value is -5.39. The summed E-state index contributed by atoms with van der Waals surface area (Å²) in [6.45, 7) is 2.51. The summed E-state index contributed by atoms with van der Waals surface area (Å²) in [5.41, 5.74) is 18.9. The van der Waals surface area contributed by atoms with Gasteiger partial charge in [0.25, 0.3) is 0 Å². The lowest BCUT2D eigenvalue weighted by atomic mass is 9.82. The molecule has 476 valence electrons. The van der Waals surface area contributed by atoms with Crippen molar-refractivity contribution in [2.75, 3.05) is 25.4 Å². The van der Waals surface area contributed by atoms with E-state index in [4.69, 9.17) is 17.2 Å². The van der Waals surface area contributed by atoms with Crippen LogP contribution >= 0.6 is 0 Å². The van der Waals surface area contributed by atoms with Gasteiger partial charge >= 0.3 is 0 Å². The summed E-state index contributed by atoms with van der Waals surface area (Å²) in [5, 5.41) is 4.66. The lowest BCUT2D eigenvalue weighted by Gasteiger charge is -2.41. The normalized spacial score (nSPS) is 26.2. The smallest absolute Gasteiger partial charge is 0.242 e. The molecule has 1 saturated carbocycles. The molecule has 6 saturated heterocycles. The van der Waals surface area contributed by atoms with E-state index in [2.05, 4.69) is 15.4 Å². The van der Waals surface area contributed by atoms with Crippen LogP contribution in [-0.4, -0.2) is 140 Å². The van der Waals surface area contributed by atoms with E-state index in [0.717, 1.165) is 56.7 Å². The molecule has 17 nitrogen and oxygen atoms in total. The Labute approximate surface area is 495 Å². The Kier molecular flexibility index (Phi) is 21.7. The predicted molar refractivity (Wildman–Crippen MR) is 299 cm³/mol. The van der Waals surface area contributed by atoms with E-state index in [1.807, 2.05) is 4.90 Å². The first-order valence-corrected chi connectivity index (χ1v) is 32.4. The van der Waals surface area contributed by atoms with E-state index in [9.17, 15) is 75.5 Å². The highest BCUT2D eigenvalue weighted by Crippen LogP contribution is 2.44. The molecule has 7 fully saturated rings. The largest absolute Gasteiger partial charge is 0.355 e. The molecule has 86 heavy (non-hydrogen) atoms. The van der Waals surface area contributed by atoms with Gasteiger partial charge in [-0.15, -0.1) is 0 Å². The third-order valence-electron chi connectivity index (χ3n) is 18.2. The average molecular weight is 1260 g/mol. The van der Waals surface area contributed by atoms with Gasteiger partial charge in [0.2, 0.25) is 43.7 Å². The van der Waals surface area contributed by atoms with Crippen LogP contribution < -0.4 is 32.6 Å². The van der Waals surface area contributed by atoms with Gasteiger partial charge in [0.05, 0.1) is 24.1 Å². The molecule has 6 aliphatic heterocycles. The number of nitrogens with one attached hydrogen (secondary N) is 3. The molecular weight excluding hydrogens is 1190 g/mol.